The van der Waals surface area contributed by atoms with Gasteiger partial charge in [0.25, 0.3) is 0 Å². The molecule has 0 aromatic carbocycles. The summed E-state index contributed by atoms with van der Waals surface area (Å²) >= 11 is 0. The van der Waals surface area contributed by atoms with Gasteiger partial charge in [-0.1, -0.05) is 58.8 Å². The van der Waals surface area contributed by atoms with Crippen LogP contribution in [0.1, 0.15) is 90.9 Å². The maximum atomic E-state index is 9.65. The molecule has 0 aromatic heterocycles. The van der Waals surface area contributed by atoms with E-state index in [4.69, 9.17) is 0 Å². The van der Waals surface area contributed by atoms with Crippen LogP contribution in [0.25, 0.3) is 0 Å². The summed E-state index contributed by atoms with van der Waals surface area (Å²) in [6.07, 6.45) is 16.0. The normalized spacial score (nSPS) is 38.4. The summed E-state index contributed by atoms with van der Waals surface area (Å²) in [7, 11) is 0. The van der Waals surface area contributed by atoms with E-state index in [2.05, 4.69) is 19.9 Å². The Labute approximate surface area is 126 Å². The molecule has 1 heteroatoms. The van der Waals surface area contributed by atoms with Crippen molar-refractivity contribution in [2.24, 2.45) is 23.2 Å². The van der Waals surface area contributed by atoms with Gasteiger partial charge < -0.3 is 0 Å². The largest absolute Gasteiger partial charge is 0.198 e. The molecular weight excluding hydrogens is 242 g/mol. The standard InChI is InChI=1S/C19H33N/c1-3-6-16-8-10-17(11-9-16)18-7-5-13-19(14-18,15-20)12-4-2/h16-18H,3-14H2,1-2H3/t16?,17?,18-,19+/m1/s1. The lowest BCUT2D eigenvalue weighted by atomic mass is 9.62. The first kappa shape index (κ1) is 15.9. The van der Waals surface area contributed by atoms with Crippen molar-refractivity contribution in [3.8, 4) is 6.07 Å². The molecule has 1 nitrogen and oxygen atoms in total. The first-order valence-electron chi connectivity index (χ1n) is 9.14. The van der Waals surface area contributed by atoms with E-state index in [9.17, 15) is 5.26 Å². The zero-order chi connectivity index (χ0) is 14.4. The van der Waals surface area contributed by atoms with Crippen molar-refractivity contribution >= 4 is 0 Å². The van der Waals surface area contributed by atoms with Gasteiger partial charge in [0, 0.05) is 0 Å². The molecule has 0 spiro atoms. The number of rotatable bonds is 5. The summed E-state index contributed by atoms with van der Waals surface area (Å²) < 4.78 is 0. The minimum absolute atomic E-state index is 0.0396. The molecule has 0 bridgehead atoms. The molecule has 0 saturated heterocycles. The van der Waals surface area contributed by atoms with Crippen LogP contribution < -0.4 is 0 Å². The van der Waals surface area contributed by atoms with E-state index in [1.54, 1.807) is 0 Å². The van der Waals surface area contributed by atoms with Crippen LogP contribution in [0.15, 0.2) is 0 Å². The highest BCUT2D eigenvalue weighted by molar-refractivity contribution is 5.02. The van der Waals surface area contributed by atoms with Gasteiger partial charge >= 0.3 is 0 Å². The summed E-state index contributed by atoms with van der Waals surface area (Å²) in [6, 6.07) is 2.72. The van der Waals surface area contributed by atoms with Gasteiger partial charge in [0.15, 0.2) is 0 Å². The van der Waals surface area contributed by atoms with Crippen LogP contribution in [0.3, 0.4) is 0 Å². The second kappa shape index (κ2) is 7.48. The molecule has 0 aromatic rings. The monoisotopic (exact) mass is 275 g/mol. The first-order chi connectivity index (χ1) is 9.73. The molecule has 114 valence electrons. The SMILES string of the molecule is CCCC1CCC([C@@H]2CCC[C@@](C#N)(CCC)C2)CC1. The van der Waals surface area contributed by atoms with Crippen LogP contribution in [0.5, 0.6) is 0 Å². The number of nitrogens with zero attached hydrogens (tertiary/aromatic N) is 1. The average molecular weight is 275 g/mol. The topological polar surface area (TPSA) is 23.8 Å². The maximum Gasteiger partial charge on any atom is 0.0689 e. The molecule has 2 rings (SSSR count). The van der Waals surface area contributed by atoms with E-state index in [1.807, 2.05) is 0 Å². The zero-order valence-electron chi connectivity index (χ0n) is 13.7. The average Bonchev–Trinajstić information content (AvgIpc) is 2.49. The maximum absolute atomic E-state index is 9.65. The van der Waals surface area contributed by atoms with E-state index in [0.29, 0.717) is 0 Å². The lowest BCUT2D eigenvalue weighted by Crippen LogP contribution is -2.32. The van der Waals surface area contributed by atoms with Gasteiger partial charge in [0.05, 0.1) is 11.5 Å². The number of hydrogen-bond donors (Lipinski definition) is 0. The lowest BCUT2D eigenvalue weighted by molar-refractivity contribution is 0.104. The molecule has 20 heavy (non-hydrogen) atoms. The summed E-state index contributed by atoms with van der Waals surface area (Å²) in [5, 5.41) is 9.65. The van der Waals surface area contributed by atoms with Gasteiger partial charge in [0.1, 0.15) is 0 Å². The lowest BCUT2D eigenvalue weighted by Gasteiger charge is -2.41. The Kier molecular flexibility index (Phi) is 5.94. The van der Waals surface area contributed by atoms with Crippen LogP contribution >= 0.6 is 0 Å². The Morgan fingerprint density at radius 2 is 1.75 bits per heavy atom. The van der Waals surface area contributed by atoms with Crippen molar-refractivity contribution in [1.82, 2.24) is 0 Å². The highest BCUT2D eigenvalue weighted by atomic mass is 14.5. The van der Waals surface area contributed by atoms with Gasteiger partial charge in [-0.05, 0) is 49.9 Å². The summed E-state index contributed by atoms with van der Waals surface area (Å²) in [6.45, 7) is 4.55. The van der Waals surface area contributed by atoms with Gasteiger partial charge in [-0.15, -0.1) is 0 Å². The van der Waals surface area contributed by atoms with Crippen LogP contribution in [-0.4, -0.2) is 0 Å². The summed E-state index contributed by atoms with van der Waals surface area (Å²) in [5.41, 5.74) is 0.0396. The molecule has 0 heterocycles. The first-order valence-corrected chi connectivity index (χ1v) is 9.14. The van der Waals surface area contributed by atoms with Crippen molar-refractivity contribution in [2.75, 3.05) is 0 Å². The van der Waals surface area contributed by atoms with Crippen LogP contribution in [0.4, 0.5) is 0 Å². The Bertz CT molecular complexity index is 317. The third-order valence-corrected chi connectivity index (χ3v) is 6.10. The molecule has 0 radical (unpaired) electrons. The quantitative estimate of drug-likeness (QED) is 0.595. The number of nitriles is 1. The predicted octanol–water partition coefficient (Wildman–Crippen LogP) is 6.09. The fourth-order valence-electron chi connectivity index (χ4n) is 5.03. The fraction of sp³-hybridized carbons (Fsp3) is 0.947. The highest BCUT2D eigenvalue weighted by Gasteiger charge is 2.39. The fourth-order valence-corrected chi connectivity index (χ4v) is 5.03. The van der Waals surface area contributed by atoms with Crippen molar-refractivity contribution in [3.05, 3.63) is 0 Å². The molecule has 2 fully saturated rings. The van der Waals surface area contributed by atoms with Crippen molar-refractivity contribution in [3.63, 3.8) is 0 Å². The van der Waals surface area contributed by atoms with Crippen molar-refractivity contribution in [1.29, 1.82) is 5.26 Å². The third-order valence-electron chi connectivity index (χ3n) is 6.10. The second-order valence-corrected chi connectivity index (χ2v) is 7.57. The molecule has 2 aliphatic rings. The highest BCUT2D eigenvalue weighted by Crippen LogP contribution is 2.48. The van der Waals surface area contributed by atoms with Crippen molar-refractivity contribution < 1.29 is 0 Å². The third kappa shape index (κ3) is 3.78. The van der Waals surface area contributed by atoms with Gasteiger partial charge in [0.2, 0.25) is 0 Å². The minimum atomic E-state index is 0.0396. The number of hydrogen-bond acceptors (Lipinski definition) is 1. The molecule has 2 saturated carbocycles. The van der Waals surface area contributed by atoms with Crippen LogP contribution in [0.2, 0.25) is 0 Å². The van der Waals surface area contributed by atoms with E-state index in [-0.39, 0.29) is 5.41 Å². The van der Waals surface area contributed by atoms with E-state index in [0.717, 1.165) is 24.2 Å². The van der Waals surface area contributed by atoms with E-state index in [1.165, 1.54) is 70.6 Å². The minimum Gasteiger partial charge on any atom is -0.198 e. The molecule has 0 aliphatic heterocycles. The van der Waals surface area contributed by atoms with Gasteiger partial charge in [-0.3, -0.25) is 0 Å². The van der Waals surface area contributed by atoms with Gasteiger partial charge in [-0.2, -0.15) is 5.26 Å². The molecule has 0 N–H and O–H groups in total. The molecule has 2 aliphatic carbocycles. The van der Waals surface area contributed by atoms with Crippen molar-refractivity contribution in [2.45, 2.75) is 90.9 Å². The Balaban J connectivity index is 1.88. The van der Waals surface area contributed by atoms with Crippen LogP contribution in [-0.2, 0) is 0 Å². The van der Waals surface area contributed by atoms with Gasteiger partial charge in [-0.25, -0.2) is 0 Å². The Hall–Kier alpha value is -0.510. The van der Waals surface area contributed by atoms with Crippen LogP contribution in [0, 0.1) is 34.5 Å². The molecular formula is C19H33N. The Morgan fingerprint density at radius 1 is 1.00 bits per heavy atom. The zero-order valence-corrected chi connectivity index (χ0v) is 13.7. The summed E-state index contributed by atoms with van der Waals surface area (Å²) in [5.74, 6) is 2.81. The van der Waals surface area contributed by atoms with E-state index < -0.39 is 0 Å². The molecule has 2 atom stereocenters. The smallest absolute Gasteiger partial charge is 0.0689 e. The molecule has 0 amide bonds. The molecule has 0 unspecified atom stereocenters. The predicted molar refractivity (Wildman–Crippen MR) is 85.3 cm³/mol. The summed E-state index contributed by atoms with van der Waals surface area (Å²) in [4.78, 5) is 0. The Morgan fingerprint density at radius 3 is 2.35 bits per heavy atom. The second-order valence-electron chi connectivity index (χ2n) is 7.57. The van der Waals surface area contributed by atoms with E-state index >= 15 is 0 Å².